The van der Waals surface area contributed by atoms with Crippen LogP contribution in [-0.4, -0.2) is 32.9 Å². The van der Waals surface area contributed by atoms with Gasteiger partial charge in [-0.3, -0.25) is 9.59 Å². The molecule has 24 heavy (non-hydrogen) atoms. The zero-order valence-electron chi connectivity index (χ0n) is 15.9. The first-order valence-electron chi connectivity index (χ1n) is 9.47. The monoisotopic (exact) mass is 346 g/mol. The fourth-order valence-corrected chi connectivity index (χ4v) is 2.74. The molecule has 0 aromatic carbocycles. The Bertz CT molecular complexity index is 293. The summed E-state index contributed by atoms with van der Waals surface area (Å²) in [5, 5.41) is 26.6. The molecular weight excluding hydrogens is 308 g/mol. The molecule has 0 radical (unpaired) electrons. The van der Waals surface area contributed by atoms with E-state index in [1.54, 1.807) is 0 Å². The molecule has 0 saturated heterocycles. The van der Waals surface area contributed by atoms with Crippen molar-refractivity contribution >= 4 is 11.9 Å². The highest BCUT2D eigenvalue weighted by Gasteiger charge is 2.23. The van der Waals surface area contributed by atoms with E-state index in [1.165, 1.54) is 25.7 Å². The summed E-state index contributed by atoms with van der Waals surface area (Å²) >= 11 is 0. The highest BCUT2D eigenvalue weighted by Crippen LogP contribution is 2.26. The summed E-state index contributed by atoms with van der Waals surface area (Å²) in [5.41, 5.74) is -0.350. The van der Waals surface area contributed by atoms with Gasteiger partial charge in [-0.05, 0) is 32.1 Å². The van der Waals surface area contributed by atoms with Crippen molar-refractivity contribution in [2.24, 2.45) is 0 Å². The van der Waals surface area contributed by atoms with Crippen LogP contribution in [0.5, 0.6) is 0 Å². The topological polar surface area (TPSA) is 94.8 Å². The Morgan fingerprint density at radius 1 is 0.667 bits per heavy atom. The largest absolute Gasteiger partial charge is 0.481 e. The Kier molecular flexibility index (Phi) is 17.5. The van der Waals surface area contributed by atoms with Gasteiger partial charge in [0.25, 0.3) is 0 Å². The van der Waals surface area contributed by atoms with Crippen molar-refractivity contribution in [3.63, 3.8) is 0 Å². The second-order valence-electron chi connectivity index (χ2n) is 6.53. The lowest BCUT2D eigenvalue weighted by Gasteiger charge is -2.27. The minimum atomic E-state index is -0.870. The smallest absolute Gasteiger partial charge is 0.303 e. The van der Waals surface area contributed by atoms with Gasteiger partial charge >= 0.3 is 11.9 Å². The number of aliphatic hydroxyl groups is 1. The molecule has 0 unspecified atom stereocenters. The average Bonchev–Trinajstić information content (AvgIpc) is 2.49. The molecular formula is C19H38O5. The van der Waals surface area contributed by atoms with Crippen molar-refractivity contribution in [1.29, 1.82) is 0 Å². The van der Waals surface area contributed by atoms with Crippen LogP contribution in [-0.2, 0) is 9.59 Å². The number of aliphatic carboxylic acids is 2. The van der Waals surface area contributed by atoms with Gasteiger partial charge in [-0.15, -0.1) is 0 Å². The van der Waals surface area contributed by atoms with E-state index in [0.717, 1.165) is 32.1 Å². The average molecular weight is 347 g/mol. The van der Waals surface area contributed by atoms with Gasteiger partial charge in [-0.25, -0.2) is 0 Å². The molecule has 0 amide bonds. The molecule has 0 fully saturated rings. The van der Waals surface area contributed by atoms with Crippen molar-refractivity contribution in [1.82, 2.24) is 0 Å². The molecule has 0 rings (SSSR count). The van der Waals surface area contributed by atoms with Gasteiger partial charge in [-0.1, -0.05) is 59.3 Å². The maximum atomic E-state index is 10.3. The molecule has 3 N–H and O–H groups in total. The summed E-state index contributed by atoms with van der Waals surface area (Å²) in [6.07, 6.45) is 11.3. The molecule has 0 bridgehead atoms. The first kappa shape index (κ1) is 25.1. The SMILES string of the molecule is CCCCCCC(O)(CCC)CCC.O=C(O)CCCCC(=O)O. The number of carboxylic acids is 2. The zero-order chi connectivity index (χ0) is 18.8. The third-order valence-corrected chi connectivity index (χ3v) is 3.96. The second kappa shape index (κ2) is 16.7. The Balaban J connectivity index is 0. The predicted molar refractivity (Wildman–Crippen MR) is 97.3 cm³/mol. The van der Waals surface area contributed by atoms with E-state index >= 15 is 0 Å². The molecule has 0 aromatic heterocycles. The Morgan fingerprint density at radius 3 is 1.46 bits per heavy atom. The lowest BCUT2D eigenvalue weighted by molar-refractivity contribution is -0.139. The van der Waals surface area contributed by atoms with Crippen LogP contribution in [0, 0.1) is 0 Å². The number of unbranched alkanes of at least 4 members (excludes halogenated alkanes) is 4. The van der Waals surface area contributed by atoms with E-state index in [9.17, 15) is 14.7 Å². The third kappa shape index (κ3) is 18.9. The van der Waals surface area contributed by atoms with Crippen LogP contribution in [0.25, 0.3) is 0 Å². The zero-order valence-corrected chi connectivity index (χ0v) is 15.9. The lowest BCUT2D eigenvalue weighted by atomic mass is 9.87. The Morgan fingerprint density at radius 2 is 1.12 bits per heavy atom. The lowest BCUT2D eigenvalue weighted by Crippen LogP contribution is -2.28. The molecule has 0 spiro atoms. The van der Waals surface area contributed by atoms with E-state index in [4.69, 9.17) is 10.2 Å². The highest BCUT2D eigenvalue weighted by atomic mass is 16.4. The van der Waals surface area contributed by atoms with Crippen molar-refractivity contribution < 1.29 is 24.9 Å². The van der Waals surface area contributed by atoms with E-state index in [2.05, 4.69) is 20.8 Å². The van der Waals surface area contributed by atoms with Crippen LogP contribution in [0.3, 0.4) is 0 Å². The fraction of sp³-hybridized carbons (Fsp3) is 0.895. The maximum absolute atomic E-state index is 10.3. The first-order valence-corrected chi connectivity index (χ1v) is 9.47. The molecule has 0 aliphatic rings. The number of rotatable bonds is 14. The minimum absolute atomic E-state index is 0.0628. The molecule has 0 heterocycles. The van der Waals surface area contributed by atoms with E-state index in [0.29, 0.717) is 12.8 Å². The van der Waals surface area contributed by atoms with Crippen molar-refractivity contribution in [3.8, 4) is 0 Å². The van der Waals surface area contributed by atoms with Gasteiger partial charge in [0.05, 0.1) is 5.60 Å². The molecule has 0 aliphatic heterocycles. The van der Waals surface area contributed by atoms with Gasteiger partial charge in [0.1, 0.15) is 0 Å². The van der Waals surface area contributed by atoms with Crippen LogP contribution in [0.4, 0.5) is 0 Å². The third-order valence-electron chi connectivity index (χ3n) is 3.96. The summed E-state index contributed by atoms with van der Waals surface area (Å²) in [5.74, 6) is -1.74. The van der Waals surface area contributed by atoms with Crippen molar-refractivity contribution in [2.75, 3.05) is 0 Å². The Hall–Kier alpha value is -1.10. The quantitative estimate of drug-likeness (QED) is 0.385. The standard InChI is InChI=1S/C13H28O.C6H10O4/c1-4-7-8-9-12-13(14,10-5-2)11-6-3;7-5(8)3-1-2-4-6(9)10/h14H,4-12H2,1-3H3;1-4H2,(H,7,8)(H,9,10). The second-order valence-corrected chi connectivity index (χ2v) is 6.53. The van der Waals surface area contributed by atoms with Crippen LogP contribution >= 0.6 is 0 Å². The molecule has 5 heteroatoms. The summed E-state index contributed by atoms with van der Waals surface area (Å²) < 4.78 is 0. The van der Waals surface area contributed by atoms with Crippen LogP contribution in [0.15, 0.2) is 0 Å². The highest BCUT2D eigenvalue weighted by molar-refractivity contribution is 5.67. The number of carboxylic acid groups (broad SMARTS) is 2. The van der Waals surface area contributed by atoms with E-state index in [1.807, 2.05) is 0 Å². The summed E-state index contributed by atoms with van der Waals surface area (Å²) in [7, 11) is 0. The summed E-state index contributed by atoms with van der Waals surface area (Å²) in [6.45, 7) is 6.55. The van der Waals surface area contributed by atoms with Crippen molar-refractivity contribution in [2.45, 2.75) is 110 Å². The first-order chi connectivity index (χ1) is 11.3. The Labute approximate surface area is 147 Å². The van der Waals surface area contributed by atoms with E-state index < -0.39 is 11.9 Å². The van der Waals surface area contributed by atoms with Gasteiger partial charge in [0, 0.05) is 12.8 Å². The molecule has 0 aliphatic carbocycles. The van der Waals surface area contributed by atoms with Gasteiger partial charge in [0.2, 0.25) is 0 Å². The van der Waals surface area contributed by atoms with Crippen LogP contribution in [0.1, 0.15) is 104 Å². The molecule has 0 atom stereocenters. The predicted octanol–water partition coefficient (Wildman–Crippen LogP) is 5.00. The molecule has 5 nitrogen and oxygen atoms in total. The maximum Gasteiger partial charge on any atom is 0.303 e. The number of hydrogen-bond acceptors (Lipinski definition) is 3. The normalized spacial score (nSPS) is 10.8. The molecule has 144 valence electrons. The number of carbonyl (C=O) groups is 2. The fourth-order valence-electron chi connectivity index (χ4n) is 2.74. The van der Waals surface area contributed by atoms with Crippen LogP contribution in [0.2, 0.25) is 0 Å². The molecule has 0 aromatic rings. The van der Waals surface area contributed by atoms with E-state index in [-0.39, 0.29) is 18.4 Å². The minimum Gasteiger partial charge on any atom is -0.481 e. The summed E-state index contributed by atoms with van der Waals surface area (Å²) in [4.78, 5) is 19.8. The van der Waals surface area contributed by atoms with Gasteiger partial charge < -0.3 is 15.3 Å². The number of hydrogen-bond donors (Lipinski definition) is 3. The van der Waals surface area contributed by atoms with Crippen molar-refractivity contribution in [3.05, 3.63) is 0 Å². The van der Waals surface area contributed by atoms with Crippen LogP contribution < -0.4 is 0 Å². The van der Waals surface area contributed by atoms with Gasteiger partial charge in [-0.2, -0.15) is 0 Å². The summed E-state index contributed by atoms with van der Waals surface area (Å²) in [6, 6.07) is 0. The van der Waals surface area contributed by atoms with Gasteiger partial charge in [0.15, 0.2) is 0 Å². The molecule has 0 saturated carbocycles.